The quantitative estimate of drug-likeness (QED) is 0.783. The van der Waals surface area contributed by atoms with Crippen LogP contribution in [0.15, 0.2) is 29.6 Å². The van der Waals surface area contributed by atoms with Crippen molar-refractivity contribution in [3.8, 4) is 11.3 Å². The van der Waals surface area contributed by atoms with E-state index in [2.05, 4.69) is 10.3 Å². The van der Waals surface area contributed by atoms with Gasteiger partial charge in [-0.3, -0.25) is 14.9 Å². The van der Waals surface area contributed by atoms with E-state index in [0.717, 1.165) is 24.1 Å². The SMILES string of the molecule is CCCCC(=O)OCC(=O)Nc1nc(-c2ccc(C)cc2)cs1. The lowest BCUT2D eigenvalue weighted by atomic mass is 10.1. The van der Waals surface area contributed by atoms with E-state index in [1.807, 2.05) is 43.5 Å². The van der Waals surface area contributed by atoms with Crippen LogP contribution in [0.25, 0.3) is 11.3 Å². The van der Waals surface area contributed by atoms with Crippen LogP contribution in [0.4, 0.5) is 5.13 Å². The van der Waals surface area contributed by atoms with Gasteiger partial charge in [0.25, 0.3) is 5.91 Å². The molecule has 0 fully saturated rings. The molecule has 0 saturated heterocycles. The van der Waals surface area contributed by atoms with Gasteiger partial charge < -0.3 is 4.74 Å². The Labute approximate surface area is 139 Å². The number of anilines is 1. The number of nitrogens with zero attached hydrogens (tertiary/aromatic N) is 1. The molecule has 0 spiro atoms. The lowest BCUT2D eigenvalue weighted by Crippen LogP contribution is -2.20. The molecular weight excluding hydrogens is 312 g/mol. The van der Waals surface area contributed by atoms with Crippen LogP contribution in [-0.2, 0) is 14.3 Å². The Balaban J connectivity index is 1.85. The van der Waals surface area contributed by atoms with Gasteiger partial charge in [0, 0.05) is 17.4 Å². The average Bonchev–Trinajstić information content (AvgIpc) is 3.00. The van der Waals surface area contributed by atoms with Crippen LogP contribution in [0, 0.1) is 6.92 Å². The fourth-order valence-corrected chi connectivity index (χ4v) is 2.62. The Morgan fingerprint density at radius 2 is 2.00 bits per heavy atom. The summed E-state index contributed by atoms with van der Waals surface area (Å²) >= 11 is 1.34. The molecule has 0 bridgehead atoms. The number of esters is 1. The van der Waals surface area contributed by atoms with Crippen LogP contribution in [0.2, 0.25) is 0 Å². The number of carbonyl (C=O) groups is 2. The number of aryl methyl sites for hydroxylation is 1. The smallest absolute Gasteiger partial charge is 0.306 e. The predicted octanol–water partition coefficient (Wildman–Crippen LogP) is 3.79. The highest BCUT2D eigenvalue weighted by molar-refractivity contribution is 7.14. The van der Waals surface area contributed by atoms with Crippen molar-refractivity contribution in [2.75, 3.05) is 11.9 Å². The van der Waals surface area contributed by atoms with Gasteiger partial charge in [0.15, 0.2) is 11.7 Å². The number of amides is 1. The molecule has 1 aromatic carbocycles. The minimum absolute atomic E-state index is 0.276. The van der Waals surface area contributed by atoms with E-state index in [-0.39, 0.29) is 18.5 Å². The lowest BCUT2D eigenvalue weighted by Gasteiger charge is -2.04. The molecule has 1 N–H and O–H groups in total. The van der Waals surface area contributed by atoms with Gasteiger partial charge in [0.1, 0.15) is 0 Å². The first-order valence-corrected chi connectivity index (χ1v) is 8.44. The van der Waals surface area contributed by atoms with Crippen molar-refractivity contribution in [2.24, 2.45) is 0 Å². The molecule has 0 unspecified atom stereocenters. The lowest BCUT2D eigenvalue weighted by molar-refractivity contribution is -0.147. The largest absolute Gasteiger partial charge is 0.456 e. The zero-order chi connectivity index (χ0) is 16.7. The molecule has 0 saturated carbocycles. The highest BCUT2D eigenvalue weighted by Crippen LogP contribution is 2.25. The van der Waals surface area contributed by atoms with Crippen molar-refractivity contribution < 1.29 is 14.3 Å². The highest BCUT2D eigenvalue weighted by atomic mass is 32.1. The molecule has 2 aromatic rings. The highest BCUT2D eigenvalue weighted by Gasteiger charge is 2.10. The van der Waals surface area contributed by atoms with E-state index >= 15 is 0 Å². The molecule has 1 amide bonds. The van der Waals surface area contributed by atoms with Gasteiger partial charge in [0.2, 0.25) is 0 Å². The van der Waals surface area contributed by atoms with Gasteiger partial charge in [0.05, 0.1) is 5.69 Å². The number of benzene rings is 1. The third-order valence-electron chi connectivity index (χ3n) is 3.20. The Hall–Kier alpha value is -2.21. The topological polar surface area (TPSA) is 68.3 Å². The molecule has 1 aromatic heterocycles. The van der Waals surface area contributed by atoms with Crippen molar-refractivity contribution in [3.63, 3.8) is 0 Å². The van der Waals surface area contributed by atoms with Gasteiger partial charge in [-0.25, -0.2) is 4.98 Å². The van der Waals surface area contributed by atoms with Gasteiger partial charge in [-0.2, -0.15) is 0 Å². The van der Waals surface area contributed by atoms with Crippen LogP contribution >= 0.6 is 11.3 Å². The monoisotopic (exact) mass is 332 g/mol. The predicted molar refractivity (Wildman–Crippen MR) is 91.4 cm³/mol. The van der Waals surface area contributed by atoms with Gasteiger partial charge in [-0.1, -0.05) is 43.2 Å². The van der Waals surface area contributed by atoms with E-state index in [0.29, 0.717) is 11.6 Å². The van der Waals surface area contributed by atoms with Crippen LogP contribution in [0.3, 0.4) is 0 Å². The van der Waals surface area contributed by atoms with Crippen LogP contribution < -0.4 is 5.32 Å². The summed E-state index contributed by atoms with van der Waals surface area (Å²) in [5.74, 6) is -0.721. The van der Waals surface area contributed by atoms with Crippen LogP contribution in [0.5, 0.6) is 0 Å². The second kappa shape index (κ2) is 8.43. The number of carbonyl (C=O) groups excluding carboxylic acids is 2. The standard InChI is InChI=1S/C17H20N2O3S/c1-3-4-5-16(21)22-10-15(20)19-17-18-14(11-23-17)13-8-6-12(2)7-9-13/h6-9,11H,3-5,10H2,1-2H3,(H,18,19,20). The summed E-state index contributed by atoms with van der Waals surface area (Å²) < 4.78 is 4.91. The summed E-state index contributed by atoms with van der Waals surface area (Å²) in [6, 6.07) is 8.02. The van der Waals surface area contributed by atoms with Crippen LogP contribution in [0.1, 0.15) is 31.7 Å². The first-order chi connectivity index (χ1) is 11.1. The average molecular weight is 332 g/mol. The number of ether oxygens (including phenoxy) is 1. The summed E-state index contributed by atoms with van der Waals surface area (Å²) in [5.41, 5.74) is 2.99. The van der Waals surface area contributed by atoms with E-state index in [4.69, 9.17) is 4.74 Å². The maximum Gasteiger partial charge on any atom is 0.306 e. The number of aromatic nitrogens is 1. The van der Waals surface area contributed by atoms with Crippen molar-refractivity contribution >= 4 is 28.3 Å². The molecule has 23 heavy (non-hydrogen) atoms. The fraction of sp³-hybridized carbons (Fsp3) is 0.353. The molecule has 5 nitrogen and oxygen atoms in total. The maximum atomic E-state index is 11.8. The van der Waals surface area contributed by atoms with Crippen molar-refractivity contribution in [3.05, 3.63) is 35.2 Å². The van der Waals surface area contributed by atoms with E-state index < -0.39 is 0 Å². The number of rotatable bonds is 7. The number of thiazole rings is 1. The molecule has 0 aliphatic heterocycles. The maximum absolute atomic E-state index is 11.8. The molecule has 0 radical (unpaired) electrons. The van der Waals surface area contributed by atoms with Gasteiger partial charge >= 0.3 is 5.97 Å². The normalized spacial score (nSPS) is 10.3. The Bertz CT molecular complexity index is 665. The fourth-order valence-electron chi connectivity index (χ4n) is 1.88. The summed E-state index contributed by atoms with van der Waals surface area (Å²) in [6.07, 6.45) is 2.04. The summed E-state index contributed by atoms with van der Waals surface area (Å²) in [6.45, 7) is 3.74. The minimum atomic E-state index is -0.375. The number of nitrogens with one attached hydrogen (secondary N) is 1. The zero-order valence-electron chi connectivity index (χ0n) is 13.3. The second-order valence-electron chi connectivity index (χ2n) is 5.22. The summed E-state index contributed by atoms with van der Waals surface area (Å²) in [4.78, 5) is 27.5. The van der Waals surface area contributed by atoms with Gasteiger partial charge in [-0.05, 0) is 13.3 Å². The summed E-state index contributed by atoms with van der Waals surface area (Å²) in [5, 5.41) is 5.02. The number of hydrogen-bond donors (Lipinski definition) is 1. The number of unbranched alkanes of at least 4 members (excludes halogenated alkanes) is 1. The van der Waals surface area contributed by atoms with Crippen molar-refractivity contribution in [2.45, 2.75) is 33.1 Å². The first-order valence-electron chi connectivity index (χ1n) is 7.56. The van der Waals surface area contributed by atoms with Gasteiger partial charge in [-0.15, -0.1) is 11.3 Å². The Morgan fingerprint density at radius 1 is 1.26 bits per heavy atom. The molecule has 6 heteroatoms. The number of hydrogen-bond acceptors (Lipinski definition) is 5. The molecule has 0 aliphatic carbocycles. The third kappa shape index (κ3) is 5.49. The molecule has 1 heterocycles. The molecular formula is C17H20N2O3S. The van der Waals surface area contributed by atoms with E-state index in [9.17, 15) is 9.59 Å². The minimum Gasteiger partial charge on any atom is -0.456 e. The first kappa shape index (κ1) is 17.1. The Morgan fingerprint density at radius 3 is 2.70 bits per heavy atom. The summed E-state index contributed by atoms with van der Waals surface area (Å²) in [7, 11) is 0. The van der Waals surface area contributed by atoms with Crippen molar-refractivity contribution in [1.29, 1.82) is 0 Å². The molecule has 122 valence electrons. The molecule has 0 aliphatic rings. The van der Waals surface area contributed by atoms with E-state index in [1.54, 1.807) is 0 Å². The molecule has 2 rings (SSSR count). The molecule has 0 atom stereocenters. The van der Waals surface area contributed by atoms with Crippen LogP contribution in [-0.4, -0.2) is 23.5 Å². The third-order valence-corrected chi connectivity index (χ3v) is 3.95. The van der Waals surface area contributed by atoms with E-state index in [1.165, 1.54) is 16.9 Å². The Kier molecular flexibility index (Phi) is 6.29. The zero-order valence-corrected chi connectivity index (χ0v) is 14.1. The second-order valence-corrected chi connectivity index (χ2v) is 6.07. The van der Waals surface area contributed by atoms with Crippen molar-refractivity contribution in [1.82, 2.24) is 4.98 Å².